The van der Waals surface area contributed by atoms with E-state index in [1.807, 2.05) is 0 Å². The lowest BCUT2D eigenvalue weighted by Crippen LogP contribution is -1.98. The zero-order chi connectivity index (χ0) is 16.6. The van der Waals surface area contributed by atoms with E-state index >= 15 is 0 Å². The van der Waals surface area contributed by atoms with Gasteiger partial charge in [0.25, 0.3) is 0 Å². The molecule has 2 heterocycles. The summed E-state index contributed by atoms with van der Waals surface area (Å²) in [6.45, 7) is 0. The number of aliphatic hydroxyl groups is 2. The molecule has 0 atom stereocenters. The summed E-state index contributed by atoms with van der Waals surface area (Å²) in [5.74, 6) is -0.524. The van der Waals surface area contributed by atoms with Gasteiger partial charge in [-0.1, -0.05) is 17.7 Å². The molecule has 3 rings (SSSR count). The summed E-state index contributed by atoms with van der Waals surface area (Å²) in [6, 6.07) is 7.52. The number of hydrogen-bond acceptors (Lipinski definition) is 4. The van der Waals surface area contributed by atoms with Crippen molar-refractivity contribution in [2.45, 2.75) is 6.29 Å². The monoisotopic (exact) mass is 333 g/mol. The van der Waals surface area contributed by atoms with Crippen molar-refractivity contribution >= 4 is 11.6 Å². The van der Waals surface area contributed by atoms with Gasteiger partial charge in [-0.3, -0.25) is 4.98 Å². The third-order valence-corrected chi connectivity index (χ3v) is 3.76. The van der Waals surface area contributed by atoms with Gasteiger partial charge in [-0.2, -0.15) is 0 Å². The molecule has 0 spiro atoms. The van der Waals surface area contributed by atoms with Crippen molar-refractivity contribution in [2.75, 3.05) is 0 Å². The fourth-order valence-electron chi connectivity index (χ4n) is 2.34. The Balaban J connectivity index is 2.15. The minimum atomic E-state index is -1.60. The molecule has 7 heteroatoms. The highest BCUT2D eigenvalue weighted by atomic mass is 35.5. The topological polar surface area (TPSA) is 71.2 Å². The molecule has 0 aliphatic heterocycles. The smallest absolute Gasteiger partial charge is 0.178 e. The third-order valence-electron chi connectivity index (χ3n) is 3.45. The Kier molecular flexibility index (Phi) is 4.12. The molecule has 3 aromatic rings. The van der Waals surface area contributed by atoms with Crippen LogP contribution in [-0.4, -0.2) is 24.7 Å². The van der Waals surface area contributed by atoms with E-state index in [0.717, 1.165) is 0 Å². The number of aliphatic hydroxyl groups excluding tert-OH is 1. The van der Waals surface area contributed by atoms with Gasteiger partial charge in [-0.25, -0.2) is 9.37 Å². The normalized spacial score (nSPS) is 11.2. The highest BCUT2D eigenvalue weighted by molar-refractivity contribution is 6.30. The van der Waals surface area contributed by atoms with E-state index in [1.54, 1.807) is 24.0 Å². The molecule has 0 saturated carbocycles. The van der Waals surface area contributed by atoms with Crippen LogP contribution in [0.1, 0.15) is 11.9 Å². The van der Waals surface area contributed by atoms with Gasteiger partial charge in [0.1, 0.15) is 11.5 Å². The van der Waals surface area contributed by atoms with E-state index in [0.29, 0.717) is 28.2 Å². The molecule has 0 bridgehead atoms. The number of hydrogen-bond donors (Lipinski definition) is 2. The van der Waals surface area contributed by atoms with Crippen LogP contribution in [0, 0.1) is 5.82 Å². The maximum atomic E-state index is 13.8. The second-order valence-electron chi connectivity index (χ2n) is 5.03. The molecule has 118 valence electrons. The Labute approximate surface area is 136 Å². The molecule has 0 aliphatic rings. The van der Waals surface area contributed by atoms with Crippen molar-refractivity contribution in [1.29, 1.82) is 0 Å². The lowest BCUT2D eigenvalue weighted by Gasteiger charge is -2.09. The molecular weight excluding hydrogens is 321 g/mol. The van der Waals surface area contributed by atoms with Crippen LogP contribution in [0.3, 0.4) is 0 Å². The number of pyridine rings is 1. The van der Waals surface area contributed by atoms with E-state index in [-0.39, 0.29) is 5.02 Å². The summed E-state index contributed by atoms with van der Waals surface area (Å²) in [5, 5.41) is 18.6. The summed E-state index contributed by atoms with van der Waals surface area (Å²) in [6.07, 6.45) is 1.45. The minimum Gasteiger partial charge on any atom is -0.364 e. The maximum absolute atomic E-state index is 13.8. The number of aryl methyl sites for hydroxylation is 1. The number of imidazole rings is 1. The predicted octanol–water partition coefficient (Wildman–Crippen LogP) is 2.92. The van der Waals surface area contributed by atoms with Crippen LogP contribution in [0.2, 0.25) is 5.02 Å². The largest absolute Gasteiger partial charge is 0.364 e. The highest BCUT2D eigenvalue weighted by Crippen LogP contribution is 2.32. The van der Waals surface area contributed by atoms with Crippen molar-refractivity contribution < 1.29 is 14.6 Å². The van der Waals surface area contributed by atoms with Crippen LogP contribution in [0.25, 0.3) is 22.6 Å². The lowest BCUT2D eigenvalue weighted by molar-refractivity contribution is -0.0425. The molecular formula is C16H13ClFN3O2. The van der Waals surface area contributed by atoms with Gasteiger partial charge in [0.05, 0.1) is 22.7 Å². The van der Waals surface area contributed by atoms with Crippen LogP contribution in [-0.2, 0) is 7.05 Å². The lowest BCUT2D eigenvalue weighted by atomic mass is 10.1. The van der Waals surface area contributed by atoms with E-state index in [1.165, 1.54) is 30.5 Å². The van der Waals surface area contributed by atoms with Crippen molar-refractivity contribution in [2.24, 2.45) is 7.05 Å². The maximum Gasteiger partial charge on any atom is 0.178 e. The van der Waals surface area contributed by atoms with Crippen molar-refractivity contribution in [1.82, 2.24) is 14.5 Å². The summed E-state index contributed by atoms with van der Waals surface area (Å²) in [5.41, 5.74) is 2.52. The molecule has 23 heavy (non-hydrogen) atoms. The molecule has 1 aromatic carbocycles. The standard InChI is InChI=1S/C16H13ClFN3O2/c1-21-8-20-14(13-7-10(16(22)23)4-5-19-13)15(21)9-2-3-11(17)12(18)6-9/h2-8,16,22-23H,1H3. The van der Waals surface area contributed by atoms with E-state index in [2.05, 4.69) is 9.97 Å². The fraction of sp³-hybridized carbons (Fsp3) is 0.125. The first-order chi connectivity index (χ1) is 11.0. The highest BCUT2D eigenvalue weighted by Gasteiger charge is 2.17. The average Bonchev–Trinajstić information content (AvgIpc) is 2.92. The molecule has 0 saturated heterocycles. The average molecular weight is 334 g/mol. The molecule has 0 unspecified atom stereocenters. The Morgan fingerprint density at radius 1 is 1.17 bits per heavy atom. The zero-order valence-electron chi connectivity index (χ0n) is 12.1. The number of aromatic nitrogens is 3. The van der Waals surface area contributed by atoms with Gasteiger partial charge in [0.2, 0.25) is 0 Å². The number of rotatable bonds is 3. The quantitative estimate of drug-likeness (QED) is 0.723. The van der Waals surface area contributed by atoms with Crippen LogP contribution in [0.5, 0.6) is 0 Å². The second kappa shape index (κ2) is 6.08. The molecule has 5 nitrogen and oxygen atoms in total. The van der Waals surface area contributed by atoms with Gasteiger partial charge in [0, 0.05) is 24.4 Å². The van der Waals surface area contributed by atoms with E-state index in [4.69, 9.17) is 11.6 Å². The molecule has 2 N–H and O–H groups in total. The molecule has 0 radical (unpaired) electrons. The summed E-state index contributed by atoms with van der Waals surface area (Å²) < 4.78 is 15.5. The number of halogens is 2. The van der Waals surface area contributed by atoms with Crippen LogP contribution in [0.4, 0.5) is 4.39 Å². The number of benzene rings is 1. The van der Waals surface area contributed by atoms with Gasteiger partial charge in [0.15, 0.2) is 6.29 Å². The first kappa shape index (κ1) is 15.6. The zero-order valence-corrected chi connectivity index (χ0v) is 12.9. The minimum absolute atomic E-state index is 0.0426. The Bertz CT molecular complexity index is 864. The van der Waals surface area contributed by atoms with Crippen LogP contribution >= 0.6 is 11.6 Å². The molecule has 0 aliphatic carbocycles. The Morgan fingerprint density at radius 2 is 1.96 bits per heavy atom. The predicted molar refractivity (Wildman–Crippen MR) is 84.0 cm³/mol. The molecule has 2 aromatic heterocycles. The van der Waals surface area contributed by atoms with Crippen molar-refractivity contribution in [3.63, 3.8) is 0 Å². The third kappa shape index (κ3) is 2.96. The van der Waals surface area contributed by atoms with E-state index < -0.39 is 12.1 Å². The summed E-state index contributed by atoms with van der Waals surface area (Å²) in [7, 11) is 1.78. The van der Waals surface area contributed by atoms with Crippen molar-refractivity contribution in [3.05, 3.63) is 59.3 Å². The van der Waals surface area contributed by atoms with Gasteiger partial charge in [-0.05, 0) is 24.3 Å². The Morgan fingerprint density at radius 3 is 2.65 bits per heavy atom. The van der Waals surface area contributed by atoms with Crippen molar-refractivity contribution in [3.8, 4) is 22.6 Å². The fourth-order valence-corrected chi connectivity index (χ4v) is 2.46. The number of nitrogens with zero attached hydrogens (tertiary/aromatic N) is 3. The molecule has 0 amide bonds. The Hall–Kier alpha value is -2.28. The summed E-state index contributed by atoms with van der Waals surface area (Å²) in [4.78, 5) is 8.51. The van der Waals surface area contributed by atoms with Gasteiger partial charge in [-0.15, -0.1) is 0 Å². The first-order valence-corrected chi connectivity index (χ1v) is 7.14. The SMILES string of the molecule is Cn1cnc(-c2cc(C(O)O)ccn2)c1-c1ccc(Cl)c(F)c1. The molecule has 0 fully saturated rings. The van der Waals surface area contributed by atoms with Crippen LogP contribution in [0.15, 0.2) is 42.9 Å². The second-order valence-corrected chi connectivity index (χ2v) is 5.44. The summed E-state index contributed by atoms with van der Waals surface area (Å²) >= 11 is 5.73. The van der Waals surface area contributed by atoms with Gasteiger partial charge < -0.3 is 14.8 Å². The van der Waals surface area contributed by atoms with Crippen LogP contribution < -0.4 is 0 Å². The van der Waals surface area contributed by atoms with Gasteiger partial charge >= 0.3 is 0 Å². The first-order valence-electron chi connectivity index (χ1n) is 6.76. The van der Waals surface area contributed by atoms with E-state index in [9.17, 15) is 14.6 Å².